The predicted octanol–water partition coefficient (Wildman–Crippen LogP) is 5.00. The first-order valence-corrected chi connectivity index (χ1v) is 10.2. The quantitative estimate of drug-likeness (QED) is 0.362. The zero-order chi connectivity index (χ0) is 26.0. The molecular weight excluding hydrogens is 484 g/mol. The van der Waals surface area contributed by atoms with Gasteiger partial charge in [-0.1, -0.05) is 36.4 Å². The van der Waals surface area contributed by atoms with Crippen LogP contribution in [-0.2, 0) is 9.59 Å². The number of carboxylic acid groups (broad SMARTS) is 1. The Hall–Kier alpha value is -3.77. The van der Waals surface area contributed by atoms with E-state index in [0.717, 1.165) is 48.5 Å². The van der Waals surface area contributed by atoms with Crippen molar-refractivity contribution in [1.29, 1.82) is 0 Å². The first-order chi connectivity index (χ1) is 16.3. The van der Waals surface area contributed by atoms with Crippen LogP contribution >= 0.6 is 0 Å². The minimum atomic E-state index is -5.48. The molecule has 0 radical (unpaired) electrons. The molecule has 1 heterocycles. The maximum absolute atomic E-state index is 14.1. The first kappa shape index (κ1) is 25.8. The van der Waals surface area contributed by atoms with Crippen LogP contribution in [0.1, 0.15) is 19.3 Å². The molecule has 2 aromatic carbocycles. The molecule has 0 aromatic heterocycles. The molecule has 0 unspecified atom stereocenters. The molecule has 1 N–H and O–H groups in total. The average Bonchev–Trinajstić information content (AvgIpc) is 2.78. The van der Waals surface area contributed by atoms with E-state index in [1.807, 2.05) is 0 Å². The topological polar surface area (TPSA) is 81.2 Å². The number of halogens is 6. The maximum Gasteiger partial charge on any atom is 0.491 e. The monoisotopic (exact) mass is 503 g/mol. The highest BCUT2D eigenvalue weighted by atomic mass is 19.4. The molecular formula is C22H19F6N3O4. The van der Waals surface area contributed by atoms with Crippen LogP contribution in [0.3, 0.4) is 0 Å². The second kappa shape index (κ2) is 9.47. The van der Waals surface area contributed by atoms with Crippen molar-refractivity contribution in [2.24, 2.45) is 0 Å². The molecule has 188 valence electrons. The summed E-state index contributed by atoms with van der Waals surface area (Å²) in [5.74, 6) is -4.29. The van der Waals surface area contributed by atoms with Gasteiger partial charge < -0.3 is 5.11 Å². The van der Waals surface area contributed by atoms with Crippen molar-refractivity contribution >= 4 is 29.3 Å². The smallest absolute Gasteiger partial charge is 0.465 e. The van der Waals surface area contributed by atoms with Gasteiger partial charge in [-0.15, -0.1) is 26.3 Å². The summed E-state index contributed by atoms with van der Waals surface area (Å²) in [6, 6.07) is 10.8. The zero-order valence-electron chi connectivity index (χ0n) is 17.9. The summed E-state index contributed by atoms with van der Waals surface area (Å²) in [4.78, 5) is 37.7. The molecule has 0 aliphatic carbocycles. The van der Waals surface area contributed by atoms with Gasteiger partial charge in [-0.2, -0.15) is 0 Å². The highest BCUT2D eigenvalue weighted by Crippen LogP contribution is 2.41. The van der Waals surface area contributed by atoms with E-state index >= 15 is 0 Å². The van der Waals surface area contributed by atoms with Gasteiger partial charge in [0, 0.05) is 6.54 Å². The minimum absolute atomic E-state index is 0.0311. The van der Waals surface area contributed by atoms with Gasteiger partial charge in [0.1, 0.15) is 0 Å². The normalized spacial score (nSPS) is 15.9. The van der Waals surface area contributed by atoms with Gasteiger partial charge in [0.2, 0.25) is 5.54 Å². The number of carbonyl (C=O) groups is 3. The molecule has 2 aromatic rings. The van der Waals surface area contributed by atoms with E-state index in [4.69, 9.17) is 0 Å². The second-order valence-electron chi connectivity index (χ2n) is 7.64. The van der Waals surface area contributed by atoms with Crippen molar-refractivity contribution in [2.45, 2.75) is 37.4 Å². The summed E-state index contributed by atoms with van der Waals surface area (Å²) in [6.07, 6.45) is -14.0. The van der Waals surface area contributed by atoms with Gasteiger partial charge in [-0.05, 0) is 43.5 Å². The van der Waals surface area contributed by atoms with E-state index in [2.05, 4.69) is 0 Å². The fourth-order valence-corrected chi connectivity index (χ4v) is 4.05. The van der Waals surface area contributed by atoms with Crippen LogP contribution in [0.5, 0.6) is 0 Å². The molecule has 0 saturated carbocycles. The number of para-hydroxylation sites is 2. The number of hydrogen-bond donors (Lipinski definition) is 1. The van der Waals surface area contributed by atoms with E-state index < -0.39 is 70.2 Å². The number of alkyl halides is 6. The molecule has 0 atom stereocenters. The number of likely N-dealkylation sites (tertiary alicyclic amines) is 1. The fraction of sp³-hybridized carbons (Fsp3) is 0.318. The molecule has 7 nitrogen and oxygen atoms in total. The number of piperidine rings is 1. The highest BCUT2D eigenvalue weighted by Gasteiger charge is 2.64. The van der Waals surface area contributed by atoms with Crippen LogP contribution in [-0.4, -0.2) is 52.6 Å². The molecule has 1 saturated heterocycles. The van der Waals surface area contributed by atoms with Crippen molar-refractivity contribution in [3.63, 3.8) is 0 Å². The van der Waals surface area contributed by atoms with Crippen LogP contribution in [0.15, 0.2) is 60.7 Å². The largest absolute Gasteiger partial charge is 0.491 e. The number of amides is 3. The van der Waals surface area contributed by atoms with Gasteiger partial charge in [-0.25, -0.2) is 14.6 Å². The number of nitrogens with zero attached hydrogens (tertiary/aromatic N) is 3. The first-order valence-electron chi connectivity index (χ1n) is 10.2. The predicted molar refractivity (Wildman–Crippen MR) is 111 cm³/mol. The lowest BCUT2D eigenvalue weighted by molar-refractivity contribution is -0.169. The van der Waals surface area contributed by atoms with Crippen molar-refractivity contribution in [3.8, 4) is 0 Å². The maximum atomic E-state index is 14.1. The summed E-state index contributed by atoms with van der Waals surface area (Å²) in [5.41, 5.74) is -4.90. The molecule has 1 fully saturated rings. The summed E-state index contributed by atoms with van der Waals surface area (Å²) in [6.45, 7) is -0.617. The van der Waals surface area contributed by atoms with Gasteiger partial charge in [-0.3, -0.25) is 14.5 Å². The molecule has 0 bridgehead atoms. The van der Waals surface area contributed by atoms with E-state index in [1.165, 1.54) is 12.1 Å². The van der Waals surface area contributed by atoms with Crippen LogP contribution < -0.4 is 9.80 Å². The fourth-order valence-electron chi connectivity index (χ4n) is 4.05. The Kier molecular flexibility index (Phi) is 6.99. The molecule has 1 aliphatic heterocycles. The minimum Gasteiger partial charge on any atom is -0.465 e. The molecule has 3 amide bonds. The van der Waals surface area contributed by atoms with Crippen molar-refractivity contribution in [1.82, 2.24) is 4.90 Å². The third kappa shape index (κ3) is 4.88. The Bertz CT molecular complexity index is 1010. The Morgan fingerprint density at radius 2 is 1.14 bits per heavy atom. The molecule has 13 heteroatoms. The Morgan fingerprint density at radius 3 is 1.49 bits per heavy atom. The van der Waals surface area contributed by atoms with Crippen molar-refractivity contribution < 1.29 is 45.8 Å². The molecule has 0 spiro atoms. The number of benzene rings is 2. The standard InChI is InChI=1S/C22H19F6N3O4/c23-21(24,25)30(15-9-3-1-4-10-15)17(32)20(13-7-8-14-29(20)19(34)35)18(33)31(22(26,27)28)16-11-5-2-6-12-16/h1-6,9-12H,7-8,13-14H2,(H,34,35). The van der Waals surface area contributed by atoms with Gasteiger partial charge in [0.05, 0.1) is 11.4 Å². The lowest BCUT2D eigenvalue weighted by Gasteiger charge is -2.47. The lowest BCUT2D eigenvalue weighted by Crippen LogP contribution is -2.72. The van der Waals surface area contributed by atoms with Crippen molar-refractivity contribution in [3.05, 3.63) is 60.7 Å². The highest BCUT2D eigenvalue weighted by molar-refractivity contribution is 6.21. The molecule has 3 rings (SSSR count). The van der Waals surface area contributed by atoms with Crippen molar-refractivity contribution in [2.75, 3.05) is 16.3 Å². The molecule has 35 heavy (non-hydrogen) atoms. The van der Waals surface area contributed by atoms with Gasteiger partial charge in [0.15, 0.2) is 0 Å². The summed E-state index contributed by atoms with van der Waals surface area (Å²) in [7, 11) is 0. The van der Waals surface area contributed by atoms with Crippen LogP contribution in [0, 0.1) is 0 Å². The SMILES string of the molecule is O=C(O)N1CCCCC1(C(=O)N(c1ccccc1)C(F)(F)F)C(=O)N(c1ccccc1)C(F)(F)F. The lowest BCUT2D eigenvalue weighted by atomic mass is 9.83. The summed E-state index contributed by atoms with van der Waals surface area (Å²) >= 11 is 0. The Morgan fingerprint density at radius 1 is 0.743 bits per heavy atom. The third-order valence-corrected chi connectivity index (χ3v) is 5.51. The summed E-state index contributed by atoms with van der Waals surface area (Å²) < 4.78 is 84.7. The number of carbonyl (C=O) groups excluding carboxylic acids is 2. The average molecular weight is 503 g/mol. The number of hydrogen-bond acceptors (Lipinski definition) is 3. The number of anilines is 2. The Labute approximate surface area is 195 Å². The van der Waals surface area contributed by atoms with E-state index in [-0.39, 0.29) is 17.7 Å². The summed E-state index contributed by atoms with van der Waals surface area (Å²) in [5, 5.41) is 9.70. The van der Waals surface area contributed by atoms with E-state index in [0.29, 0.717) is 0 Å². The number of rotatable bonds is 4. The van der Waals surface area contributed by atoms with E-state index in [1.54, 1.807) is 0 Å². The third-order valence-electron chi connectivity index (χ3n) is 5.51. The second-order valence-corrected chi connectivity index (χ2v) is 7.64. The molecule has 1 aliphatic rings. The van der Waals surface area contributed by atoms with Gasteiger partial charge >= 0.3 is 18.7 Å². The van der Waals surface area contributed by atoms with E-state index in [9.17, 15) is 45.8 Å². The van der Waals surface area contributed by atoms with Gasteiger partial charge in [0.25, 0.3) is 11.8 Å². The Balaban J connectivity index is 2.29. The van der Waals surface area contributed by atoms with Crippen LogP contribution in [0.25, 0.3) is 0 Å². The zero-order valence-corrected chi connectivity index (χ0v) is 17.9. The van der Waals surface area contributed by atoms with Crippen LogP contribution in [0.2, 0.25) is 0 Å². The van der Waals surface area contributed by atoms with Crippen LogP contribution in [0.4, 0.5) is 42.5 Å².